The van der Waals surface area contributed by atoms with Gasteiger partial charge in [-0.2, -0.15) is 12.7 Å². The van der Waals surface area contributed by atoms with E-state index in [0.717, 1.165) is 4.31 Å². The average Bonchev–Trinajstić information content (AvgIpc) is 2.20. The van der Waals surface area contributed by atoms with E-state index in [9.17, 15) is 12.8 Å². The van der Waals surface area contributed by atoms with Crippen molar-refractivity contribution in [1.29, 1.82) is 0 Å². The summed E-state index contributed by atoms with van der Waals surface area (Å²) in [7, 11) is -0.682. The van der Waals surface area contributed by atoms with Crippen LogP contribution in [0.25, 0.3) is 0 Å². The summed E-state index contributed by atoms with van der Waals surface area (Å²) in [6.45, 7) is 1.81. The summed E-state index contributed by atoms with van der Waals surface area (Å²) < 4.78 is 39.6. The van der Waals surface area contributed by atoms with E-state index in [1.165, 1.54) is 32.3 Å². The van der Waals surface area contributed by atoms with Crippen LogP contribution in [0.2, 0.25) is 0 Å². The van der Waals surface area contributed by atoms with Crippen molar-refractivity contribution in [3.63, 3.8) is 0 Å². The summed E-state index contributed by atoms with van der Waals surface area (Å²) in [6.07, 6.45) is 0.517. The largest absolute Gasteiger partial charge is 0.301 e. The zero-order chi connectivity index (χ0) is 12.3. The van der Waals surface area contributed by atoms with Gasteiger partial charge in [-0.15, -0.1) is 0 Å². The van der Waals surface area contributed by atoms with Crippen molar-refractivity contribution in [3.05, 3.63) is 29.6 Å². The Hall–Kier alpha value is -1.14. The van der Waals surface area contributed by atoms with Gasteiger partial charge in [0.05, 0.1) is 5.69 Å². The molecule has 1 aromatic rings. The smallest absolute Gasteiger partial charge is 0.271 e. The van der Waals surface area contributed by atoms with Crippen LogP contribution in [-0.4, -0.2) is 26.8 Å². The van der Waals surface area contributed by atoms with Crippen LogP contribution in [0.3, 0.4) is 0 Å². The van der Waals surface area contributed by atoms with Crippen molar-refractivity contribution in [2.24, 2.45) is 0 Å². The van der Waals surface area contributed by atoms with Gasteiger partial charge in [-0.25, -0.2) is 4.39 Å². The molecular weight excluding hydrogens is 231 g/mol. The van der Waals surface area contributed by atoms with Crippen molar-refractivity contribution < 1.29 is 12.8 Å². The zero-order valence-corrected chi connectivity index (χ0v) is 10.3. The molecule has 0 radical (unpaired) electrons. The molecule has 1 N–H and O–H groups in total. The Morgan fingerprint density at radius 2 is 2.00 bits per heavy atom. The van der Waals surface area contributed by atoms with Gasteiger partial charge in [-0.1, -0.05) is 6.92 Å². The van der Waals surface area contributed by atoms with Crippen LogP contribution in [0.1, 0.15) is 12.5 Å². The normalized spacial score (nSPS) is 11.8. The van der Waals surface area contributed by atoms with Crippen molar-refractivity contribution >= 4 is 15.9 Å². The first-order chi connectivity index (χ1) is 7.36. The lowest BCUT2D eigenvalue weighted by atomic mass is 10.1. The second-order valence-electron chi connectivity index (χ2n) is 3.55. The van der Waals surface area contributed by atoms with E-state index in [1.807, 2.05) is 6.92 Å². The molecule has 0 fully saturated rings. The summed E-state index contributed by atoms with van der Waals surface area (Å²) in [4.78, 5) is 0. The molecule has 1 aromatic carbocycles. The molecule has 0 saturated carbocycles. The molecule has 4 nitrogen and oxygen atoms in total. The first-order valence-electron chi connectivity index (χ1n) is 4.85. The highest BCUT2D eigenvalue weighted by Crippen LogP contribution is 2.16. The fourth-order valence-corrected chi connectivity index (χ4v) is 1.76. The molecule has 0 bridgehead atoms. The van der Waals surface area contributed by atoms with Crippen LogP contribution in [-0.2, 0) is 16.6 Å². The van der Waals surface area contributed by atoms with Crippen molar-refractivity contribution in [2.45, 2.75) is 13.3 Å². The molecule has 0 unspecified atom stereocenters. The topological polar surface area (TPSA) is 49.4 Å². The van der Waals surface area contributed by atoms with Crippen LogP contribution in [0, 0.1) is 5.82 Å². The molecule has 0 aliphatic heterocycles. The maximum atomic E-state index is 13.2. The maximum absolute atomic E-state index is 13.2. The first-order valence-corrected chi connectivity index (χ1v) is 6.29. The lowest BCUT2D eigenvalue weighted by Crippen LogP contribution is -2.28. The third-order valence-electron chi connectivity index (χ3n) is 2.15. The molecule has 0 spiro atoms. The number of nitrogens with zero attached hydrogens (tertiary/aromatic N) is 1. The van der Waals surface area contributed by atoms with Crippen LogP contribution in [0.5, 0.6) is 0 Å². The molecule has 0 aromatic heterocycles. The van der Waals surface area contributed by atoms with Crippen LogP contribution in [0.4, 0.5) is 10.1 Å². The van der Waals surface area contributed by atoms with Crippen molar-refractivity contribution in [2.75, 3.05) is 18.8 Å². The van der Waals surface area contributed by atoms with E-state index >= 15 is 0 Å². The third kappa shape index (κ3) is 2.93. The molecule has 1 rings (SSSR count). The number of aryl methyl sites for hydroxylation is 1. The maximum Gasteiger partial charge on any atom is 0.301 e. The lowest BCUT2D eigenvalue weighted by Gasteiger charge is -2.14. The summed E-state index contributed by atoms with van der Waals surface area (Å²) in [5, 5.41) is 0. The highest BCUT2D eigenvalue weighted by Gasteiger charge is 2.13. The molecule has 6 heteroatoms. The Kier molecular flexibility index (Phi) is 3.88. The lowest BCUT2D eigenvalue weighted by molar-refractivity contribution is 0.526. The molecular formula is C10H15FN2O2S. The SMILES string of the molecule is CCc1cc(NS(=O)(=O)N(C)C)ccc1F. The third-order valence-corrected chi connectivity index (χ3v) is 3.61. The first kappa shape index (κ1) is 12.9. The second-order valence-corrected chi connectivity index (χ2v) is 5.43. The van der Waals surface area contributed by atoms with E-state index in [1.54, 1.807) is 0 Å². The Morgan fingerprint density at radius 3 is 2.50 bits per heavy atom. The number of hydrogen-bond acceptors (Lipinski definition) is 2. The average molecular weight is 246 g/mol. The van der Waals surface area contributed by atoms with Crippen LogP contribution < -0.4 is 4.72 Å². The van der Waals surface area contributed by atoms with Crippen molar-refractivity contribution in [3.8, 4) is 0 Å². The summed E-state index contributed by atoms with van der Waals surface area (Å²) in [5.74, 6) is -0.324. The second kappa shape index (κ2) is 4.80. The van der Waals surface area contributed by atoms with Crippen LogP contribution in [0.15, 0.2) is 18.2 Å². The Labute approximate surface area is 95.3 Å². The Bertz CT molecular complexity index is 472. The predicted octanol–water partition coefficient (Wildman–Crippen LogP) is 1.61. The van der Waals surface area contributed by atoms with Gasteiger partial charge in [-0.3, -0.25) is 4.72 Å². The van der Waals surface area contributed by atoms with E-state index in [-0.39, 0.29) is 5.82 Å². The molecule has 0 saturated heterocycles. The highest BCUT2D eigenvalue weighted by molar-refractivity contribution is 7.90. The summed E-state index contributed by atoms with van der Waals surface area (Å²) in [6, 6.07) is 4.15. The number of nitrogens with one attached hydrogen (secondary N) is 1. The molecule has 0 atom stereocenters. The zero-order valence-electron chi connectivity index (χ0n) is 9.49. The van der Waals surface area contributed by atoms with Gasteiger partial charge in [-0.05, 0) is 30.2 Å². The van der Waals surface area contributed by atoms with E-state index in [4.69, 9.17) is 0 Å². The fraction of sp³-hybridized carbons (Fsp3) is 0.400. The standard InChI is InChI=1S/C10H15FN2O2S/c1-4-8-7-9(5-6-10(8)11)12-16(14,15)13(2)3/h5-7,12H,4H2,1-3H3. The van der Waals surface area contributed by atoms with Crippen LogP contribution >= 0.6 is 0 Å². The van der Waals surface area contributed by atoms with Gasteiger partial charge in [0.25, 0.3) is 0 Å². The Morgan fingerprint density at radius 1 is 1.38 bits per heavy atom. The summed E-state index contributed by atoms with van der Waals surface area (Å²) in [5.41, 5.74) is 0.853. The number of benzene rings is 1. The van der Waals surface area contributed by atoms with Gasteiger partial charge < -0.3 is 0 Å². The molecule has 0 amide bonds. The van der Waals surface area contributed by atoms with Gasteiger partial charge in [0.15, 0.2) is 0 Å². The number of rotatable bonds is 4. The highest BCUT2D eigenvalue weighted by atomic mass is 32.2. The number of anilines is 1. The quantitative estimate of drug-likeness (QED) is 0.877. The van der Waals surface area contributed by atoms with Crippen molar-refractivity contribution in [1.82, 2.24) is 4.31 Å². The van der Waals surface area contributed by atoms with E-state index in [2.05, 4.69) is 4.72 Å². The monoisotopic (exact) mass is 246 g/mol. The molecule has 0 aliphatic carbocycles. The van der Waals surface area contributed by atoms with E-state index < -0.39 is 10.2 Å². The molecule has 90 valence electrons. The Balaban J connectivity index is 2.99. The number of hydrogen-bond donors (Lipinski definition) is 1. The van der Waals surface area contributed by atoms with Gasteiger partial charge in [0.1, 0.15) is 5.82 Å². The minimum absolute atomic E-state index is 0.324. The molecule has 0 aliphatic rings. The molecule has 16 heavy (non-hydrogen) atoms. The van der Waals surface area contributed by atoms with E-state index in [0.29, 0.717) is 17.7 Å². The minimum atomic E-state index is -3.53. The summed E-state index contributed by atoms with van der Waals surface area (Å²) >= 11 is 0. The van der Waals surface area contributed by atoms with Gasteiger partial charge in [0, 0.05) is 14.1 Å². The molecule has 0 heterocycles. The fourth-order valence-electron chi connectivity index (χ4n) is 1.15. The van der Waals surface area contributed by atoms with Gasteiger partial charge >= 0.3 is 10.2 Å². The predicted molar refractivity (Wildman–Crippen MR) is 62.0 cm³/mol. The minimum Gasteiger partial charge on any atom is -0.271 e. The number of halogens is 1. The van der Waals surface area contributed by atoms with Gasteiger partial charge in [0.2, 0.25) is 0 Å².